The van der Waals surface area contributed by atoms with E-state index < -0.39 is 0 Å². The minimum absolute atomic E-state index is 0.970. The zero-order chi connectivity index (χ0) is 12.4. The van der Waals surface area contributed by atoms with Gasteiger partial charge in [0, 0.05) is 18.8 Å². The molecule has 90 valence electrons. The van der Waals surface area contributed by atoms with E-state index in [4.69, 9.17) is 0 Å². The van der Waals surface area contributed by atoms with Crippen molar-refractivity contribution >= 4 is 11.8 Å². The Labute approximate surface area is 108 Å². The standard InChI is InChI=1S/C17H17N/c1-14-8-10-17(11-9-14)18-12-4-7-15-5-2-3-6-16(15)13-18/h2-11H,12-13H2,1H3. The van der Waals surface area contributed by atoms with Crippen molar-refractivity contribution in [3.63, 3.8) is 0 Å². The van der Waals surface area contributed by atoms with Crippen LogP contribution in [0.15, 0.2) is 54.6 Å². The zero-order valence-corrected chi connectivity index (χ0v) is 10.6. The number of aryl methyl sites for hydroxylation is 1. The SMILES string of the molecule is Cc1ccc(N2CC=Cc3ccccc3C2)cc1. The molecule has 1 nitrogen and oxygen atoms in total. The van der Waals surface area contributed by atoms with E-state index in [1.54, 1.807) is 0 Å². The Balaban J connectivity index is 1.92. The smallest absolute Gasteiger partial charge is 0.0438 e. The maximum Gasteiger partial charge on any atom is 0.0438 e. The van der Waals surface area contributed by atoms with E-state index in [9.17, 15) is 0 Å². The molecule has 0 aliphatic carbocycles. The fourth-order valence-electron chi connectivity index (χ4n) is 2.37. The minimum atomic E-state index is 0.970. The van der Waals surface area contributed by atoms with Crippen molar-refractivity contribution in [1.29, 1.82) is 0 Å². The van der Waals surface area contributed by atoms with Crippen molar-refractivity contribution in [2.75, 3.05) is 11.4 Å². The van der Waals surface area contributed by atoms with Gasteiger partial charge < -0.3 is 4.90 Å². The largest absolute Gasteiger partial charge is 0.363 e. The van der Waals surface area contributed by atoms with Gasteiger partial charge in [-0.05, 0) is 30.2 Å². The normalized spacial score (nSPS) is 14.2. The Morgan fingerprint density at radius 3 is 2.56 bits per heavy atom. The van der Waals surface area contributed by atoms with Crippen LogP contribution in [0.2, 0.25) is 0 Å². The van der Waals surface area contributed by atoms with Crippen LogP contribution < -0.4 is 4.90 Å². The molecule has 0 saturated carbocycles. The highest BCUT2D eigenvalue weighted by Crippen LogP contribution is 2.22. The Morgan fingerprint density at radius 2 is 1.72 bits per heavy atom. The summed E-state index contributed by atoms with van der Waals surface area (Å²) >= 11 is 0. The van der Waals surface area contributed by atoms with Gasteiger partial charge in [0.25, 0.3) is 0 Å². The van der Waals surface area contributed by atoms with Gasteiger partial charge in [-0.15, -0.1) is 0 Å². The molecule has 0 spiro atoms. The molecule has 0 bridgehead atoms. The third-order valence-corrected chi connectivity index (χ3v) is 3.44. The minimum Gasteiger partial charge on any atom is -0.363 e. The topological polar surface area (TPSA) is 3.24 Å². The molecule has 0 saturated heterocycles. The summed E-state index contributed by atoms with van der Waals surface area (Å²) in [5, 5.41) is 0. The fraction of sp³-hybridized carbons (Fsp3) is 0.176. The average molecular weight is 235 g/mol. The van der Waals surface area contributed by atoms with E-state index in [1.165, 1.54) is 22.4 Å². The van der Waals surface area contributed by atoms with E-state index in [1.807, 2.05) is 0 Å². The van der Waals surface area contributed by atoms with Crippen LogP contribution in [0, 0.1) is 6.92 Å². The lowest BCUT2D eigenvalue weighted by molar-refractivity contribution is 0.874. The lowest BCUT2D eigenvalue weighted by Gasteiger charge is -2.23. The lowest BCUT2D eigenvalue weighted by Crippen LogP contribution is -2.21. The number of hydrogen-bond donors (Lipinski definition) is 0. The number of nitrogens with zero attached hydrogens (tertiary/aromatic N) is 1. The van der Waals surface area contributed by atoms with E-state index in [2.05, 4.69) is 72.5 Å². The second-order valence-electron chi connectivity index (χ2n) is 4.82. The van der Waals surface area contributed by atoms with E-state index >= 15 is 0 Å². The number of hydrogen-bond acceptors (Lipinski definition) is 1. The fourth-order valence-corrected chi connectivity index (χ4v) is 2.37. The van der Waals surface area contributed by atoms with Gasteiger partial charge in [0.2, 0.25) is 0 Å². The molecule has 1 heteroatoms. The van der Waals surface area contributed by atoms with Crippen molar-refractivity contribution in [2.45, 2.75) is 13.5 Å². The molecule has 1 heterocycles. The first-order valence-corrected chi connectivity index (χ1v) is 6.39. The van der Waals surface area contributed by atoms with Gasteiger partial charge in [0.05, 0.1) is 0 Å². The number of anilines is 1. The molecule has 0 fully saturated rings. The molecule has 1 aliphatic heterocycles. The number of rotatable bonds is 1. The molecule has 3 rings (SSSR count). The predicted molar refractivity (Wildman–Crippen MR) is 77.7 cm³/mol. The molecule has 0 amide bonds. The summed E-state index contributed by atoms with van der Waals surface area (Å²) in [4.78, 5) is 2.40. The zero-order valence-electron chi connectivity index (χ0n) is 10.6. The van der Waals surface area contributed by atoms with Gasteiger partial charge in [-0.2, -0.15) is 0 Å². The van der Waals surface area contributed by atoms with Crippen LogP contribution in [0.3, 0.4) is 0 Å². The van der Waals surface area contributed by atoms with Gasteiger partial charge in [-0.3, -0.25) is 0 Å². The highest BCUT2D eigenvalue weighted by molar-refractivity contribution is 5.59. The molecule has 18 heavy (non-hydrogen) atoms. The van der Waals surface area contributed by atoms with Crippen molar-refractivity contribution in [1.82, 2.24) is 0 Å². The summed E-state index contributed by atoms with van der Waals surface area (Å²) in [6.07, 6.45) is 4.47. The molecule has 2 aromatic rings. The van der Waals surface area contributed by atoms with Crippen LogP contribution >= 0.6 is 0 Å². The quantitative estimate of drug-likeness (QED) is 0.721. The molecule has 0 radical (unpaired) electrons. The third-order valence-electron chi connectivity index (χ3n) is 3.44. The van der Waals surface area contributed by atoms with Crippen LogP contribution in [0.4, 0.5) is 5.69 Å². The highest BCUT2D eigenvalue weighted by atomic mass is 15.1. The summed E-state index contributed by atoms with van der Waals surface area (Å²) in [5.41, 5.74) is 5.34. The molecule has 0 N–H and O–H groups in total. The van der Waals surface area contributed by atoms with E-state index in [0.29, 0.717) is 0 Å². The Kier molecular flexibility index (Phi) is 2.89. The summed E-state index contributed by atoms with van der Waals surface area (Å²) < 4.78 is 0. The molecule has 2 aromatic carbocycles. The molecule has 0 aromatic heterocycles. The van der Waals surface area contributed by atoms with E-state index in [-0.39, 0.29) is 0 Å². The number of fused-ring (bicyclic) bond motifs is 1. The Morgan fingerprint density at radius 1 is 0.944 bits per heavy atom. The van der Waals surface area contributed by atoms with Crippen LogP contribution in [0.1, 0.15) is 16.7 Å². The van der Waals surface area contributed by atoms with Crippen molar-refractivity contribution in [2.24, 2.45) is 0 Å². The average Bonchev–Trinajstić information content (AvgIpc) is 2.61. The van der Waals surface area contributed by atoms with E-state index in [0.717, 1.165) is 13.1 Å². The monoisotopic (exact) mass is 235 g/mol. The molecule has 1 aliphatic rings. The maximum absolute atomic E-state index is 2.40. The van der Waals surface area contributed by atoms with Crippen molar-refractivity contribution < 1.29 is 0 Å². The summed E-state index contributed by atoms with van der Waals surface area (Å²) in [7, 11) is 0. The Hall–Kier alpha value is -2.02. The van der Waals surface area contributed by atoms with Crippen LogP contribution in [0.25, 0.3) is 6.08 Å². The second-order valence-corrected chi connectivity index (χ2v) is 4.82. The third kappa shape index (κ3) is 2.17. The van der Waals surface area contributed by atoms with Gasteiger partial charge in [-0.1, -0.05) is 54.1 Å². The summed E-state index contributed by atoms with van der Waals surface area (Å²) in [6.45, 7) is 4.07. The van der Waals surface area contributed by atoms with Crippen LogP contribution in [-0.2, 0) is 6.54 Å². The van der Waals surface area contributed by atoms with Gasteiger partial charge >= 0.3 is 0 Å². The van der Waals surface area contributed by atoms with Crippen molar-refractivity contribution in [3.8, 4) is 0 Å². The lowest BCUT2D eigenvalue weighted by atomic mass is 10.1. The molecule has 0 atom stereocenters. The predicted octanol–water partition coefficient (Wildman–Crippen LogP) is 4.03. The number of benzene rings is 2. The van der Waals surface area contributed by atoms with Crippen LogP contribution in [-0.4, -0.2) is 6.54 Å². The van der Waals surface area contributed by atoms with Crippen molar-refractivity contribution in [3.05, 3.63) is 71.3 Å². The maximum atomic E-state index is 2.40. The molecular formula is C17H17N. The van der Waals surface area contributed by atoms with Crippen LogP contribution in [0.5, 0.6) is 0 Å². The van der Waals surface area contributed by atoms with Gasteiger partial charge in [0.15, 0.2) is 0 Å². The Bertz CT molecular complexity index is 566. The molecular weight excluding hydrogens is 218 g/mol. The first-order chi connectivity index (χ1) is 8.83. The highest BCUT2D eigenvalue weighted by Gasteiger charge is 2.10. The van der Waals surface area contributed by atoms with Gasteiger partial charge in [-0.25, -0.2) is 0 Å². The van der Waals surface area contributed by atoms with Gasteiger partial charge in [0.1, 0.15) is 0 Å². The first-order valence-electron chi connectivity index (χ1n) is 6.39. The molecule has 0 unspecified atom stereocenters. The second kappa shape index (κ2) is 4.69. The first kappa shape index (κ1) is 11.1. The summed E-state index contributed by atoms with van der Waals surface area (Å²) in [5.74, 6) is 0. The summed E-state index contributed by atoms with van der Waals surface area (Å²) in [6, 6.07) is 17.4.